The van der Waals surface area contributed by atoms with Crippen molar-refractivity contribution >= 4 is 24.3 Å². The zero-order valence-corrected chi connectivity index (χ0v) is 23.6. The van der Waals surface area contributed by atoms with Crippen LogP contribution in [-0.4, -0.2) is 65.6 Å². The lowest BCUT2D eigenvalue weighted by Crippen LogP contribution is -2.49. The molecule has 4 rings (SSSR count). The topological polar surface area (TPSA) is 70.1 Å². The standard InChI is InChI=1S/C29H32F6N2O4.ClH/c1-18(21-13-22(28(30,31)32)15-23(14-21)29(33,34)35)41-25-9-12-37(16-24(25)19-5-3-2-4-6-19)27(40)20-7-10-36(11-8-20)17-26(38)39;/h2-6,13-15,18,20,24-25H,7-12,16-17H2,1H3,(H,38,39);1H. The Labute approximate surface area is 246 Å². The Hall–Kier alpha value is -2.83. The molecule has 13 heteroatoms. The van der Waals surface area contributed by atoms with Crippen LogP contribution < -0.4 is 0 Å². The second-order valence-corrected chi connectivity index (χ2v) is 10.7. The molecule has 6 nitrogen and oxygen atoms in total. The summed E-state index contributed by atoms with van der Waals surface area (Å²) in [6.07, 6.45) is -10.1. The third-order valence-corrected chi connectivity index (χ3v) is 7.84. The summed E-state index contributed by atoms with van der Waals surface area (Å²) in [5.74, 6) is -1.56. The van der Waals surface area contributed by atoms with E-state index < -0.39 is 41.7 Å². The highest BCUT2D eigenvalue weighted by molar-refractivity contribution is 5.85. The highest BCUT2D eigenvalue weighted by Crippen LogP contribution is 2.40. The number of hydrogen-bond acceptors (Lipinski definition) is 4. The fraction of sp³-hybridized carbons (Fsp3) is 0.517. The highest BCUT2D eigenvalue weighted by Gasteiger charge is 2.40. The van der Waals surface area contributed by atoms with Crippen molar-refractivity contribution in [3.05, 3.63) is 70.8 Å². The molecule has 0 spiro atoms. The van der Waals surface area contributed by atoms with Crippen LogP contribution in [-0.2, 0) is 26.7 Å². The second kappa shape index (κ2) is 13.6. The van der Waals surface area contributed by atoms with Gasteiger partial charge in [0.25, 0.3) is 0 Å². The number of aliphatic carboxylic acids is 1. The van der Waals surface area contributed by atoms with Crippen LogP contribution in [0.4, 0.5) is 26.3 Å². The number of carboxylic acid groups (broad SMARTS) is 1. The van der Waals surface area contributed by atoms with Gasteiger partial charge in [-0.15, -0.1) is 12.4 Å². The maximum absolute atomic E-state index is 13.4. The SMILES string of the molecule is CC(OC1CCN(C(=O)C2CCN(CC(=O)O)CC2)CC1c1ccccc1)c1cc(C(F)(F)F)cc(C(F)(F)F)c1.Cl. The van der Waals surface area contributed by atoms with Crippen LogP contribution in [0.5, 0.6) is 0 Å². The molecule has 0 saturated carbocycles. The lowest BCUT2D eigenvalue weighted by Gasteiger charge is -2.42. The first-order chi connectivity index (χ1) is 19.2. The van der Waals surface area contributed by atoms with E-state index >= 15 is 0 Å². The van der Waals surface area contributed by atoms with Crippen molar-refractivity contribution in [1.29, 1.82) is 0 Å². The van der Waals surface area contributed by atoms with Crippen molar-refractivity contribution in [1.82, 2.24) is 9.80 Å². The minimum Gasteiger partial charge on any atom is -0.480 e. The minimum absolute atomic E-state index is 0. The van der Waals surface area contributed by atoms with Crippen LogP contribution in [0.3, 0.4) is 0 Å². The van der Waals surface area contributed by atoms with Crippen molar-refractivity contribution in [2.75, 3.05) is 32.7 Å². The largest absolute Gasteiger partial charge is 0.480 e. The van der Waals surface area contributed by atoms with E-state index in [4.69, 9.17) is 9.84 Å². The summed E-state index contributed by atoms with van der Waals surface area (Å²) in [6.45, 7) is 2.96. The molecule has 232 valence electrons. The zero-order chi connectivity index (χ0) is 29.9. The minimum atomic E-state index is -4.96. The third-order valence-electron chi connectivity index (χ3n) is 7.84. The number of carbonyl (C=O) groups excluding carboxylic acids is 1. The number of ether oxygens (including phenoxy) is 1. The zero-order valence-electron chi connectivity index (χ0n) is 22.8. The molecule has 0 radical (unpaired) electrons. The van der Waals surface area contributed by atoms with Gasteiger partial charge in [0, 0.05) is 24.9 Å². The molecular weight excluding hydrogens is 590 g/mol. The van der Waals surface area contributed by atoms with Crippen LogP contribution in [0.1, 0.15) is 60.5 Å². The predicted molar refractivity (Wildman–Crippen MR) is 144 cm³/mol. The molecule has 1 N–H and O–H groups in total. The first kappa shape index (κ1) is 33.7. The van der Waals surface area contributed by atoms with Gasteiger partial charge in [-0.1, -0.05) is 30.3 Å². The number of halogens is 7. The number of benzene rings is 2. The van der Waals surface area contributed by atoms with Crippen molar-refractivity contribution in [2.24, 2.45) is 5.92 Å². The van der Waals surface area contributed by atoms with Gasteiger partial charge in [-0.25, -0.2) is 0 Å². The molecule has 2 aromatic carbocycles. The monoisotopic (exact) mass is 622 g/mol. The molecule has 0 bridgehead atoms. The Balaban J connectivity index is 0.00000484. The number of hydrogen-bond donors (Lipinski definition) is 1. The first-order valence-electron chi connectivity index (χ1n) is 13.4. The van der Waals surface area contributed by atoms with E-state index in [2.05, 4.69) is 0 Å². The van der Waals surface area contributed by atoms with Crippen molar-refractivity contribution in [3.63, 3.8) is 0 Å². The van der Waals surface area contributed by atoms with E-state index in [0.717, 1.165) is 5.56 Å². The van der Waals surface area contributed by atoms with Crippen LogP contribution in [0.25, 0.3) is 0 Å². The normalized spacial score (nSPS) is 21.5. The van der Waals surface area contributed by atoms with Gasteiger partial charge in [0.05, 0.1) is 29.9 Å². The lowest BCUT2D eigenvalue weighted by atomic mass is 9.86. The molecule has 2 saturated heterocycles. The van der Waals surface area contributed by atoms with Gasteiger partial charge >= 0.3 is 18.3 Å². The van der Waals surface area contributed by atoms with Gasteiger partial charge in [-0.2, -0.15) is 26.3 Å². The summed E-state index contributed by atoms with van der Waals surface area (Å²) in [7, 11) is 0. The van der Waals surface area contributed by atoms with E-state index in [-0.39, 0.29) is 54.9 Å². The molecule has 0 aliphatic carbocycles. The summed E-state index contributed by atoms with van der Waals surface area (Å²) in [6, 6.07) is 10.6. The fourth-order valence-corrected chi connectivity index (χ4v) is 5.66. The smallest absolute Gasteiger partial charge is 0.416 e. The molecular formula is C29H33ClF6N2O4. The van der Waals surface area contributed by atoms with E-state index in [9.17, 15) is 35.9 Å². The van der Waals surface area contributed by atoms with Crippen LogP contribution in [0, 0.1) is 5.92 Å². The number of likely N-dealkylation sites (tertiary alicyclic amines) is 2. The van der Waals surface area contributed by atoms with Gasteiger partial charge in [0.15, 0.2) is 0 Å². The molecule has 1 amide bonds. The van der Waals surface area contributed by atoms with Gasteiger partial charge < -0.3 is 14.7 Å². The van der Waals surface area contributed by atoms with Gasteiger partial charge in [0.2, 0.25) is 5.91 Å². The van der Waals surface area contributed by atoms with E-state index in [1.807, 2.05) is 30.3 Å². The summed E-state index contributed by atoms with van der Waals surface area (Å²) in [4.78, 5) is 27.9. The Kier molecular flexibility index (Phi) is 10.9. The average Bonchev–Trinajstić information content (AvgIpc) is 2.92. The summed E-state index contributed by atoms with van der Waals surface area (Å²) in [5, 5.41) is 9.01. The van der Waals surface area contributed by atoms with E-state index in [0.29, 0.717) is 51.0 Å². The van der Waals surface area contributed by atoms with Gasteiger partial charge in [-0.05, 0) is 68.6 Å². The Morgan fingerprint density at radius 2 is 1.50 bits per heavy atom. The van der Waals surface area contributed by atoms with Crippen molar-refractivity contribution < 1.29 is 45.8 Å². The number of carboxylic acids is 1. The maximum Gasteiger partial charge on any atom is 0.416 e. The first-order valence-corrected chi connectivity index (χ1v) is 13.4. The number of carbonyl (C=O) groups is 2. The molecule has 2 heterocycles. The average molecular weight is 623 g/mol. The summed E-state index contributed by atoms with van der Waals surface area (Å²) >= 11 is 0. The number of amides is 1. The number of piperidine rings is 2. The van der Waals surface area contributed by atoms with Crippen molar-refractivity contribution in [3.8, 4) is 0 Å². The van der Waals surface area contributed by atoms with E-state index in [1.165, 1.54) is 6.92 Å². The fourth-order valence-electron chi connectivity index (χ4n) is 5.66. The Morgan fingerprint density at radius 1 is 0.929 bits per heavy atom. The van der Waals surface area contributed by atoms with E-state index in [1.54, 1.807) is 9.80 Å². The molecule has 2 aliphatic rings. The highest BCUT2D eigenvalue weighted by atomic mass is 35.5. The quantitative estimate of drug-likeness (QED) is 0.362. The van der Waals surface area contributed by atoms with Crippen LogP contribution >= 0.6 is 12.4 Å². The van der Waals surface area contributed by atoms with Gasteiger partial charge in [-0.3, -0.25) is 14.5 Å². The molecule has 2 fully saturated rings. The third kappa shape index (κ3) is 8.38. The summed E-state index contributed by atoms with van der Waals surface area (Å²) < 4.78 is 86.7. The predicted octanol–water partition coefficient (Wildman–Crippen LogP) is 6.40. The number of nitrogens with zero attached hydrogens (tertiary/aromatic N) is 2. The molecule has 2 aromatic rings. The van der Waals surface area contributed by atoms with Crippen molar-refractivity contribution in [2.45, 2.75) is 56.7 Å². The maximum atomic E-state index is 13.4. The molecule has 2 aliphatic heterocycles. The van der Waals surface area contributed by atoms with Crippen LogP contribution in [0.2, 0.25) is 0 Å². The molecule has 3 unspecified atom stereocenters. The summed E-state index contributed by atoms with van der Waals surface area (Å²) in [5.41, 5.74) is -2.18. The molecule has 42 heavy (non-hydrogen) atoms. The second-order valence-electron chi connectivity index (χ2n) is 10.7. The molecule has 0 aromatic heterocycles. The number of rotatable bonds is 7. The molecule has 3 atom stereocenters. The van der Waals surface area contributed by atoms with Gasteiger partial charge in [0.1, 0.15) is 0 Å². The van der Waals surface area contributed by atoms with Crippen LogP contribution in [0.15, 0.2) is 48.5 Å². The Bertz CT molecular complexity index is 1190. The number of alkyl halides is 6. The Morgan fingerprint density at radius 3 is 2.02 bits per heavy atom. The lowest BCUT2D eigenvalue weighted by molar-refractivity contribution is -0.143.